The van der Waals surface area contributed by atoms with Gasteiger partial charge in [-0.05, 0) is 43.0 Å². The fourth-order valence-electron chi connectivity index (χ4n) is 3.78. The Morgan fingerprint density at radius 3 is 2.82 bits per heavy atom. The lowest BCUT2D eigenvalue weighted by atomic mass is 10.2. The average molecular weight is 412 g/mol. The van der Waals surface area contributed by atoms with E-state index in [-0.39, 0.29) is 5.91 Å². The van der Waals surface area contributed by atoms with E-state index in [0.717, 1.165) is 60.4 Å². The van der Waals surface area contributed by atoms with Gasteiger partial charge >= 0.3 is 0 Å². The highest BCUT2D eigenvalue weighted by Gasteiger charge is 2.24. The molecular formula is C20H21N5OS2. The van der Waals surface area contributed by atoms with E-state index in [1.807, 2.05) is 23.1 Å². The number of thiazole rings is 1. The van der Waals surface area contributed by atoms with E-state index in [4.69, 9.17) is 0 Å². The molecule has 1 aromatic carbocycles. The standard InChI is InChI=1S/C20H21N5OS2/c26-19(13-27-20-21-16-5-1-2-7-17(16)28-20)25-10-8-24(9-11-25)18-12-14-4-3-6-15(14)22-23-18/h1-2,5,7,12H,3-4,6,8-11,13H2. The van der Waals surface area contributed by atoms with Crippen LogP contribution in [0, 0.1) is 0 Å². The number of fused-ring (bicyclic) bond motifs is 2. The first-order valence-electron chi connectivity index (χ1n) is 9.63. The van der Waals surface area contributed by atoms with E-state index >= 15 is 0 Å². The lowest BCUT2D eigenvalue weighted by Gasteiger charge is -2.35. The second-order valence-electron chi connectivity index (χ2n) is 7.13. The Morgan fingerprint density at radius 2 is 1.96 bits per heavy atom. The van der Waals surface area contributed by atoms with Crippen LogP contribution in [0.2, 0.25) is 0 Å². The third kappa shape index (κ3) is 3.58. The minimum absolute atomic E-state index is 0.184. The van der Waals surface area contributed by atoms with Crippen molar-refractivity contribution < 1.29 is 4.79 Å². The highest BCUT2D eigenvalue weighted by Crippen LogP contribution is 2.29. The van der Waals surface area contributed by atoms with Crippen molar-refractivity contribution in [1.29, 1.82) is 0 Å². The average Bonchev–Trinajstić information content (AvgIpc) is 3.37. The zero-order chi connectivity index (χ0) is 18.9. The number of aryl methyl sites for hydroxylation is 2. The van der Waals surface area contributed by atoms with Crippen LogP contribution in [0.25, 0.3) is 10.2 Å². The van der Waals surface area contributed by atoms with Crippen LogP contribution >= 0.6 is 23.1 Å². The summed E-state index contributed by atoms with van der Waals surface area (Å²) in [5, 5.41) is 8.79. The van der Waals surface area contributed by atoms with Gasteiger partial charge in [0.15, 0.2) is 10.2 Å². The van der Waals surface area contributed by atoms with E-state index in [2.05, 4.69) is 32.2 Å². The molecule has 6 nitrogen and oxygen atoms in total. The fourth-order valence-corrected chi connectivity index (χ4v) is 5.76. The fraction of sp³-hybridized carbons (Fsp3) is 0.400. The Kier molecular flexibility index (Phi) is 4.90. The summed E-state index contributed by atoms with van der Waals surface area (Å²) in [5.74, 6) is 1.58. The summed E-state index contributed by atoms with van der Waals surface area (Å²) < 4.78 is 2.13. The first-order valence-corrected chi connectivity index (χ1v) is 11.4. The molecule has 1 aliphatic heterocycles. The largest absolute Gasteiger partial charge is 0.352 e. The van der Waals surface area contributed by atoms with Crippen LogP contribution in [0.4, 0.5) is 5.82 Å². The number of amides is 1. The Bertz CT molecular complexity index is 980. The zero-order valence-electron chi connectivity index (χ0n) is 15.5. The van der Waals surface area contributed by atoms with Gasteiger partial charge < -0.3 is 9.80 Å². The first kappa shape index (κ1) is 17.9. The number of aromatic nitrogens is 3. The van der Waals surface area contributed by atoms with E-state index in [1.54, 1.807) is 11.3 Å². The molecule has 0 atom stereocenters. The van der Waals surface area contributed by atoms with Crippen LogP contribution in [-0.2, 0) is 17.6 Å². The quantitative estimate of drug-likeness (QED) is 0.615. The summed E-state index contributed by atoms with van der Waals surface area (Å²) in [6.07, 6.45) is 3.35. The predicted molar refractivity (Wildman–Crippen MR) is 113 cm³/mol. The molecule has 0 unspecified atom stereocenters. The number of nitrogens with zero attached hydrogens (tertiary/aromatic N) is 5. The Labute approximate surface area is 172 Å². The molecule has 0 N–H and O–H groups in total. The molecule has 0 radical (unpaired) electrons. The number of carbonyl (C=O) groups excluding carboxylic acids is 1. The van der Waals surface area contributed by atoms with Gasteiger partial charge in [-0.15, -0.1) is 16.4 Å². The third-order valence-electron chi connectivity index (χ3n) is 5.36. The van der Waals surface area contributed by atoms with Gasteiger partial charge in [-0.1, -0.05) is 23.9 Å². The molecular weight excluding hydrogens is 390 g/mol. The number of rotatable bonds is 4. The maximum Gasteiger partial charge on any atom is 0.233 e. The molecule has 2 aliphatic rings. The number of para-hydroxylation sites is 1. The second kappa shape index (κ2) is 7.67. The van der Waals surface area contributed by atoms with Gasteiger partial charge in [-0.3, -0.25) is 4.79 Å². The van der Waals surface area contributed by atoms with Crippen molar-refractivity contribution in [2.75, 3.05) is 36.8 Å². The molecule has 8 heteroatoms. The molecule has 28 heavy (non-hydrogen) atoms. The van der Waals surface area contributed by atoms with Crippen LogP contribution in [0.1, 0.15) is 17.7 Å². The number of anilines is 1. The van der Waals surface area contributed by atoms with Crippen molar-refractivity contribution in [2.45, 2.75) is 23.6 Å². The van der Waals surface area contributed by atoms with Crippen molar-refractivity contribution in [1.82, 2.24) is 20.1 Å². The zero-order valence-corrected chi connectivity index (χ0v) is 17.1. The second-order valence-corrected chi connectivity index (χ2v) is 9.39. The van der Waals surface area contributed by atoms with Gasteiger partial charge in [0.25, 0.3) is 0 Å². The van der Waals surface area contributed by atoms with Gasteiger partial charge in [0, 0.05) is 26.2 Å². The highest BCUT2D eigenvalue weighted by atomic mass is 32.2. The van der Waals surface area contributed by atoms with Crippen LogP contribution < -0.4 is 4.90 Å². The molecule has 5 rings (SSSR count). The van der Waals surface area contributed by atoms with Crippen LogP contribution in [0.15, 0.2) is 34.7 Å². The predicted octanol–water partition coefficient (Wildman–Crippen LogP) is 3.02. The molecule has 1 fully saturated rings. The molecule has 3 aromatic rings. The summed E-state index contributed by atoms with van der Waals surface area (Å²) in [4.78, 5) is 21.4. The highest BCUT2D eigenvalue weighted by molar-refractivity contribution is 8.01. The summed E-state index contributed by atoms with van der Waals surface area (Å²) in [6.45, 7) is 3.09. The number of thioether (sulfide) groups is 1. The van der Waals surface area contributed by atoms with E-state index in [1.165, 1.54) is 28.4 Å². The van der Waals surface area contributed by atoms with E-state index < -0.39 is 0 Å². The molecule has 2 aromatic heterocycles. The third-order valence-corrected chi connectivity index (χ3v) is 7.52. The molecule has 0 saturated carbocycles. The lowest BCUT2D eigenvalue weighted by molar-refractivity contribution is -0.128. The molecule has 1 amide bonds. The maximum absolute atomic E-state index is 12.6. The van der Waals surface area contributed by atoms with Gasteiger partial charge in [-0.25, -0.2) is 4.98 Å². The molecule has 1 saturated heterocycles. The Balaban J connectivity index is 1.15. The van der Waals surface area contributed by atoms with Crippen molar-refractivity contribution in [3.63, 3.8) is 0 Å². The minimum atomic E-state index is 0.184. The van der Waals surface area contributed by atoms with E-state index in [9.17, 15) is 4.79 Å². The molecule has 0 spiro atoms. The van der Waals surface area contributed by atoms with Gasteiger partial charge in [0.1, 0.15) is 0 Å². The van der Waals surface area contributed by atoms with Crippen molar-refractivity contribution >= 4 is 45.0 Å². The minimum Gasteiger partial charge on any atom is -0.352 e. The molecule has 3 heterocycles. The Morgan fingerprint density at radius 1 is 1.11 bits per heavy atom. The SMILES string of the molecule is O=C(CSc1nc2ccccc2s1)N1CCN(c2cc3c(nn2)CCC3)CC1. The number of carbonyl (C=O) groups is 1. The van der Waals surface area contributed by atoms with Crippen molar-refractivity contribution in [2.24, 2.45) is 0 Å². The number of piperazine rings is 1. The lowest BCUT2D eigenvalue weighted by Crippen LogP contribution is -2.49. The molecule has 0 bridgehead atoms. The summed E-state index contributed by atoms with van der Waals surface area (Å²) in [6, 6.07) is 10.3. The van der Waals surface area contributed by atoms with Crippen molar-refractivity contribution in [3.05, 3.63) is 41.6 Å². The topological polar surface area (TPSA) is 62.2 Å². The van der Waals surface area contributed by atoms with Crippen LogP contribution in [-0.4, -0.2) is 57.9 Å². The van der Waals surface area contributed by atoms with Gasteiger partial charge in [-0.2, -0.15) is 5.10 Å². The molecule has 1 aliphatic carbocycles. The van der Waals surface area contributed by atoms with Gasteiger partial charge in [0.05, 0.1) is 21.7 Å². The van der Waals surface area contributed by atoms with E-state index in [0.29, 0.717) is 5.75 Å². The summed E-state index contributed by atoms with van der Waals surface area (Å²) in [5.41, 5.74) is 3.51. The van der Waals surface area contributed by atoms with Crippen molar-refractivity contribution in [3.8, 4) is 0 Å². The number of hydrogen-bond acceptors (Lipinski definition) is 7. The maximum atomic E-state index is 12.6. The summed E-state index contributed by atoms with van der Waals surface area (Å²) >= 11 is 3.19. The normalized spacial score (nSPS) is 16.6. The van der Waals surface area contributed by atoms with Crippen LogP contribution in [0.3, 0.4) is 0 Å². The molecule has 144 valence electrons. The summed E-state index contributed by atoms with van der Waals surface area (Å²) in [7, 11) is 0. The number of benzene rings is 1. The Hall–Kier alpha value is -2.19. The smallest absolute Gasteiger partial charge is 0.233 e. The monoisotopic (exact) mass is 411 g/mol. The van der Waals surface area contributed by atoms with Crippen LogP contribution in [0.5, 0.6) is 0 Å². The van der Waals surface area contributed by atoms with Gasteiger partial charge in [0.2, 0.25) is 5.91 Å². The first-order chi connectivity index (χ1) is 13.8. The number of hydrogen-bond donors (Lipinski definition) is 0.